The lowest BCUT2D eigenvalue weighted by molar-refractivity contribution is -0.138. The van der Waals surface area contributed by atoms with Crippen molar-refractivity contribution >= 4 is 5.97 Å². The molecule has 216 valence electrons. The topological polar surface area (TPSA) is 74.2 Å². The van der Waals surface area contributed by atoms with Crippen LogP contribution in [0.15, 0.2) is 42.5 Å². The normalized spacial score (nSPS) is 21.3. The quantitative estimate of drug-likeness (QED) is 0.311. The first-order valence-electron chi connectivity index (χ1n) is 13.2. The Labute approximate surface area is 231 Å². The van der Waals surface area contributed by atoms with E-state index >= 15 is 8.78 Å². The Kier molecular flexibility index (Phi) is 7.01. The van der Waals surface area contributed by atoms with E-state index in [1.54, 1.807) is 18.2 Å². The molecule has 3 atom stereocenters. The summed E-state index contributed by atoms with van der Waals surface area (Å²) in [6, 6.07) is 9.04. The average Bonchev–Trinajstić information content (AvgIpc) is 3.66. The molecule has 0 saturated carbocycles. The van der Waals surface area contributed by atoms with Crippen LogP contribution in [0, 0.1) is 11.6 Å². The maximum atomic E-state index is 15.0. The fourth-order valence-electron chi connectivity index (χ4n) is 5.82. The van der Waals surface area contributed by atoms with Gasteiger partial charge >= 0.3 is 12.1 Å². The lowest BCUT2D eigenvalue weighted by atomic mass is 9.91. The number of fused-ring (bicyclic) bond motifs is 2. The van der Waals surface area contributed by atoms with Crippen LogP contribution in [0.2, 0.25) is 0 Å². The highest BCUT2D eigenvalue weighted by Crippen LogP contribution is 2.48. The molecule has 2 aliphatic heterocycles. The van der Waals surface area contributed by atoms with Crippen molar-refractivity contribution in [2.45, 2.75) is 50.0 Å². The first-order valence-corrected chi connectivity index (χ1v) is 13.2. The molecule has 11 heteroatoms. The summed E-state index contributed by atoms with van der Waals surface area (Å²) in [5.74, 6) is -3.14. The lowest BCUT2D eigenvalue weighted by Crippen LogP contribution is -2.17. The highest BCUT2D eigenvalue weighted by atomic mass is 19.4. The molecule has 0 bridgehead atoms. The second kappa shape index (κ2) is 10.5. The van der Waals surface area contributed by atoms with Crippen LogP contribution in [0.5, 0.6) is 17.2 Å². The second-order valence-corrected chi connectivity index (χ2v) is 10.4. The number of benzene rings is 3. The maximum Gasteiger partial charge on any atom is 0.417 e. The van der Waals surface area contributed by atoms with Crippen molar-refractivity contribution in [1.29, 1.82) is 0 Å². The Bertz CT molecular complexity index is 1470. The SMILES string of the molecule is O=C(O)CC1COc2cc(O[C@@H]3CCc4c3ccc(C(F)(F)F)c4-c3cc(F)c(O[C@H]4CCOC4)c(F)c3)ccc21. The first-order chi connectivity index (χ1) is 19.6. The van der Waals surface area contributed by atoms with Crippen LogP contribution in [-0.4, -0.2) is 37.0 Å². The standard InChI is InChI=1S/C30H25F5O6/c31-23-9-15(10-24(32)29(23)41-18-7-8-38-14-18)28-21-4-6-25(20(21)3-5-22(28)30(33,34)35)40-17-1-2-19-16(11-27(36)37)13-39-26(19)12-17/h1-3,5,9-10,12,16,18,25H,4,6-8,11,13-14H2,(H,36,37)/t16?,18-,25+/m0/s1. The van der Waals surface area contributed by atoms with E-state index in [2.05, 4.69) is 0 Å². The molecule has 3 aromatic rings. The third-order valence-electron chi connectivity index (χ3n) is 7.68. The minimum absolute atomic E-state index is 0.0726. The van der Waals surface area contributed by atoms with Crippen molar-refractivity contribution in [3.63, 3.8) is 0 Å². The van der Waals surface area contributed by atoms with Gasteiger partial charge < -0.3 is 24.1 Å². The second-order valence-electron chi connectivity index (χ2n) is 10.4. The molecule has 41 heavy (non-hydrogen) atoms. The molecule has 1 aliphatic carbocycles. The predicted octanol–water partition coefficient (Wildman–Crippen LogP) is 6.84. The molecule has 6 rings (SSSR count). The zero-order valence-corrected chi connectivity index (χ0v) is 21.6. The number of rotatable bonds is 7. The number of carbonyl (C=O) groups is 1. The summed E-state index contributed by atoms with van der Waals surface area (Å²) in [5, 5.41) is 9.11. The number of carboxylic acids is 1. The van der Waals surface area contributed by atoms with Gasteiger partial charge in [0.1, 0.15) is 23.7 Å². The van der Waals surface area contributed by atoms with E-state index in [0.29, 0.717) is 42.1 Å². The van der Waals surface area contributed by atoms with Gasteiger partial charge in [0, 0.05) is 24.0 Å². The molecular formula is C30H25F5O6. The highest BCUT2D eigenvalue weighted by molar-refractivity contribution is 5.75. The van der Waals surface area contributed by atoms with E-state index < -0.39 is 47.3 Å². The van der Waals surface area contributed by atoms with Crippen LogP contribution in [0.25, 0.3) is 11.1 Å². The van der Waals surface area contributed by atoms with Gasteiger partial charge in [0.2, 0.25) is 0 Å². The molecule has 2 heterocycles. The Morgan fingerprint density at radius 1 is 0.976 bits per heavy atom. The lowest BCUT2D eigenvalue weighted by Gasteiger charge is -2.20. The first kappa shape index (κ1) is 27.3. The number of carboxylic acid groups (broad SMARTS) is 1. The molecule has 3 aromatic carbocycles. The van der Waals surface area contributed by atoms with Gasteiger partial charge in [0.05, 0.1) is 31.8 Å². The molecule has 0 spiro atoms. The summed E-state index contributed by atoms with van der Waals surface area (Å²) in [7, 11) is 0. The molecular weight excluding hydrogens is 551 g/mol. The smallest absolute Gasteiger partial charge is 0.417 e. The Balaban J connectivity index is 1.32. The fourth-order valence-corrected chi connectivity index (χ4v) is 5.82. The number of aliphatic carboxylic acids is 1. The molecule has 0 amide bonds. The number of alkyl halides is 3. The van der Waals surface area contributed by atoms with Crippen LogP contribution < -0.4 is 14.2 Å². The zero-order valence-electron chi connectivity index (χ0n) is 21.6. The van der Waals surface area contributed by atoms with Crippen molar-refractivity contribution in [2.24, 2.45) is 0 Å². The van der Waals surface area contributed by atoms with Crippen molar-refractivity contribution in [3.8, 4) is 28.4 Å². The third-order valence-corrected chi connectivity index (χ3v) is 7.68. The van der Waals surface area contributed by atoms with E-state index in [1.807, 2.05) is 0 Å². The van der Waals surface area contributed by atoms with Crippen molar-refractivity contribution in [1.82, 2.24) is 0 Å². The molecule has 1 N–H and O–H groups in total. The molecule has 1 saturated heterocycles. The van der Waals surface area contributed by atoms with Gasteiger partial charge in [-0.15, -0.1) is 0 Å². The summed E-state index contributed by atoms with van der Waals surface area (Å²) in [6.07, 6.45) is -5.00. The van der Waals surface area contributed by atoms with Gasteiger partial charge in [-0.05, 0) is 59.4 Å². The predicted molar refractivity (Wildman–Crippen MR) is 135 cm³/mol. The van der Waals surface area contributed by atoms with Crippen molar-refractivity contribution in [2.75, 3.05) is 19.8 Å². The van der Waals surface area contributed by atoms with Gasteiger partial charge in [0.25, 0.3) is 0 Å². The fraction of sp³-hybridized carbons (Fsp3) is 0.367. The Morgan fingerprint density at radius 3 is 2.41 bits per heavy atom. The van der Waals surface area contributed by atoms with E-state index in [9.17, 15) is 18.0 Å². The van der Waals surface area contributed by atoms with E-state index in [-0.39, 0.29) is 43.1 Å². The molecule has 0 radical (unpaired) electrons. The summed E-state index contributed by atoms with van der Waals surface area (Å²) in [4.78, 5) is 11.1. The van der Waals surface area contributed by atoms with Crippen molar-refractivity contribution < 1.29 is 50.8 Å². The molecule has 0 aromatic heterocycles. The molecule has 3 aliphatic rings. The summed E-state index contributed by atoms with van der Waals surface area (Å²) in [6.45, 7) is 0.794. The Hall–Kier alpha value is -3.86. The maximum absolute atomic E-state index is 15.0. The van der Waals surface area contributed by atoms with Crippen LogP contribution in [0.4, 0.5) is 22.0 Å². The summed E-state index contributed by atoms with van der Waals surface area (Å²) in [5.41, 5.74) is 0.0195. The zero-order chi connectivity index (χ0) is 28.9. The highest BCUT2D eigenvalue weighted by Gasteiger charge is 2.39. The number of ether oxygens (including phenoxy) is 4. The average molecular weight is 577 g/mol. The summed E-state index contributed by atoms with van der Waals surface area (Å²) < 4.78 is 94.8. The van der Waals surface area contributed by atoms with Gasteiger partial charge in [-0.1, -0.05) is 12.1 Å². The van der Waals surface area contributed by atoms with Crippen molar-refractivity contribution in [3.05, 3.63) is 76.4 Å². The van der Waals surface area contributed by atoms with E-state index in [1.165, 1.54) is 6.07 Å². The number of hydrogen-bond donors (Lipinski definition) is 1. The van der Waals surface area contributed by atoms with E-state index in [4.69, 9.17) is 24.1 Å². The van der Waals surface area contributed by atoms with Gasteiger partial charge in [-0.25, -0.2) is 8.78 Å². The molecule has 1 unspecified atom stereocenters. The van der Waals surface area contributed by atoms with Crippen LogP contribution >= 0.6 is 0 Å². The molecule has 6 nitrogen and oxygen atoms in total. The van der Waals surface area contributed by atoms with Crippen LogP contribution in [0.1, 0.15) is 53.5 Å². The molecule has 1 fully saturated rings. The Morgan fingerprint density at radius 2 is 1.73 bits per heavy atom. The number of halogens is 5. The van der Waals surface area contributed by atoms with Gasteiger partial charge in [0.15, 0.2) is 17.4 Å². The third kappa shape index (κ3) is 5.30. The number of hydrogen-bond acceptors (Lipinski definition) is 5. The van der Waals surface area contributed by atoms with Gasteiger partial charge in [-0.2, -0.15) is 13.2 Å². The largest absolute Gasteiger partial charge is 0.492 e. The van der Waals surface area contributed by atoms with Crippen LogP contribution in [-0.2, 0) is 22.1 Å². The minimum Gasteiger partial charge on any atom is -0.492 e. The van der Waals surface area contributed by atoms with Gasteiger partial charge in [-0.3, -0.25) is 4.79 Å². The monoisotopic (exact) mass is 576 g/mol. The van der Waals surface area contributed by atoms with Crippen LogP contribution in [0.3, 0.4) is 0 Å². The van der Waals surface area contributed by atoms with E-state index in [0.717, 1.165) is 23.8 Å². The minimum atomic E-state index is -4.77. The summed E-state index contributed by atoms with van der Waals surface area (Å²) >= 11 is 0.